The summed E-state index contributed by atoms with van der Waals surface area (Å²) in [5.74, 6) is -0.0483. The van der Waals surface area contributed by atoms with E-state index in [1.54, 1.807) is 29.8 Å². The number of nitrogens with zero attached hydrogens (tertiary/aromatic N) is 3. The molecule has 3 rings (SSSR count). The lowest BCUT2D eigenvalue weighted by Crippen LogP contribution is -2.04. The number of nitrogens with one attached hydrogen (secondary N) is 1. The fraction of sp³-hybridized carbons (Fsp3) is 0.188. The number of benzene rings is 1. The number of carboxylic acids is 1. The Morgan fingerprint density at radius 2 is 2.17 bits per heavy atom. The van der Waals surface area contributed by atoms with Crippen LogP contribution in [0.2, 0.25) is 0 Å². The number of aromatic nitrogens is 3. The summed E-state index contributed by atoms with van der Waals surface area (Å²) in [7, 11) is 1.77. The first-order chi connectivity index (χ1) is 11.1. The maximum atomic E-state index is 10.9. The van der Waals surface area contributed by atoms with Gasteiger partial charge in [-0.3, -0.25) is 4.79 Å². The highest BCUT2D eigenvalue weighted by Crippen LogP contribution is 2.34. The molecule has 2 aromatic heterocycles. The zero-order chi connectivity index (χ0) is 16.4. The molecule has 3 aromatic rings. The van der Waals surface area contributed by atoms with Crippen molar-refractivity contribution in [2.75, 3.05) is 12.4 Å². The third-order valence-electron chi connectivity index (χ3n) is 3.61. The van der Waals surface area contributed by atoms with Gasteiger partial charge >= 0.3 is 5.97 Å². The van der Waals surface area contributed by atoms with Crippen molar-refractivity contribution in [2.45, 2.75) is 13.0 Å². The van der Waals surface area contributed by atoms with Gasteiger partial charge in [-0.05, 0) is 17.7 Å². The standard InChI is InChI=1S/C16H16N4O3/c1-17-15-14-12(10-3-2-4-11(21)7-10)8-20(6-5-13(22)23)16(14)19-9-18-15/h2-4,7-9,21H,5-6H2,1H3,(H,22,23)(H,17,18,19). The number of anilines is 1. The molecule has 0 radical (unpaired) electrons. The molecule has 0 atom stereocenters. The van der Waals surface area contributed by atoms with Crippen LogP contribution in [-0.4, -0.2) is 37.8 Å². The normalized spacial score (nSPS) is 10.8. The average molecular weight is 312 g/mol. The third kappa shape index (κ3) is 2.80. The molecule has 3 N–H and O–H groups in total. The number of carboxylic acid groups (broad SMARTS) is 1. The van der Waals surface area contributed by atoms with Crippen LogP contribution in [0.1, 0.15) is 6.42 Å². The first-order valence-electron chi connectivity index (χ1n) is 7.13. The Kier molecular flexibility index (Phi) is 3.84. The molecule has 2 heterocycles. The van der Waals surface area contributed by atoms with E-state index in [1.165, 1.54) is 6.33 Å². The molecule has 118 valence electrons. The lowest BCUT2D eigenvalue weighted by atomic mass is 10.1. The summed E-state index contributed by atoms with van der Waals surface area (Å²) in [6.45, 7) is 0.310. The van der Waals surface area contributed by atoms with Crippen LogP contribution in [0.3, 0.4) is 0 Å². The molecular formula is C16H16N4O3. The van der Waals surface area contributed by atoms with Gasteiger partial charge in [0.25, 0.3) is 0 Å². The molecule has 0 saturated carbocycles. The highest BCUT2D eigenvalue weighted by atomic mass is 16.4. The minimum atomic E-state index is -0.867. The Morgan fingerprint density at radius 1 is 1.35 bits per heavy atom. The van der Waals surface area contributed by atoms with E-state index in [9.17, 15) is 9.90 Å². The molecule has 0 aliphatic heterocycles. The number of phenols is 1. The predicted octanol–water partition coefficient (Wildman–Crippen LogP) is 2.32. The molecule has 0 amide bonds. The topological polar surface area (TPSA) is 100 Å². The van der Waals surface area contributed by atoms with E-state index >= 15 is 0 Å². The van der Waals surface area contributed by atoms with Gasteiger partial charge in [-0.25, -0.2) is 9.97 Å². The number of hydrogen-bond acceptors (Lipinski definition) is 5. The maximum absolute atomic E-state index is 10.9. The summed E-state index contributed by atoms with van der Waals surface area (Å²) in [6, 6.07) is 6.89. The first-order valence-corrected chi connectivity index (χ1v) is 7.13. The van der Waals surface area contributed by atoms with E-state index < -0.39 is 5.97 Å². The van der Waals surface area contributed by atoms with Gasteiger partial charge in [0.1, 0.15) is 23.5 Å². The summed E-state index contributed by atoms with van der Waals surface area (Å²) in [5, 5.41) is 22.5. The van der Waals surface area contributed by atoms with Crippen LogP contribution < -0.4 is 5.32 Å². The second-order valence-electron chi connectivity index (χ2n) is 5.10. The van der Waals surface area contributed by atoms with Crippen molar-refractivity contribution in [2.24, 2.45) is 0 Å². The van der Waals surface area contributed by atoms with Crippen LogP contribution in [0.5, 0.6) is 5.75 Å². The molecule has 7 nitrogen and oxygen atoms in total. The molecular weight excluding hydrogens is 296 g/mol. The average Bonchev–Trinajstić information content (AvgIpc) is 2.92. The van der Waals surface area contributed by atoms with Crippen molar-refractivity contribution in [1.82, 2.24) is 14.5 Å². The smallest absolute Gasteiger partial charge is 0.305 e. The quantitative estimate of drug-likeness (QED) is 0.668. The number of aromatic hydroxyl groups is 1. The summed E-state index contributed by atoms with van der Waals surface area (Å²) < 4.78 is 1.80. The molecule has 0 aliphatic carbocycles. The molecule has 0 spiro atoms. The second kappa shape index (κ2) is 5.96. The Labute approximate surface area is 132 Å². The molecule has 23 heavy (non-hydrogen) atoms. The zero-order valence-corrected chi connectivity index (χ0v) is 12.5. The molecule has 0 aliphatic rings. The van der Waals surface area contributed by atoms with Crippen LogP contribution in [0.15, 0.2) is 36.8 Å². The van der Waals surface area contributed by atoms with Gasteiger partial charge in [0.2, 0.25) is 0 Å². The van der Waals surface area contributed by atoms with Gasteiger partial charge in [-0.1, -0.05) is 12.1 Å². The highest BCUT2D eigenvalue weighted by Gasteiger charge is 2.16. The number of fused-ring (bicyclic) bond motifs is 1. The van der Waals surface area contributed by atoms with Crippen molar-refractivity contribution in [3.8, 4) is 16.9 Å². The van der Waals surface area contributed by atoms with Crippen LogP contribution >= 0.6 is 0 Å². The van der Waals surface area contributed by atoms with E-state index in [-0.39, 0.29) is 12.2 Å². The number of aliphatic carboxylic acids is 1. The fourth-order valence-corrected chi connectivity index (χ4v) is 2.59. The first kappa shape index (κ1) is 14.8. The van der Waals surface area contributed by atoms with Crippen molar-refractivity contribution in [1.29, 1.82) is 0 Å². The van der Waals surface area contributed by atoms with E-state index in [1.807, 2.05) is 12.3 Å². The van der Waals surface area contributed by atoms with Crippen molar-refractivity contribution in [3.05, 3.63) is 36.8 Å². The number of phenolic OH excluding ortho intramolecular Hbond substituents is 1. The summed E-state index contributed by atoms with van der Waals surface area (Å²) in [6.07, 6.45) is 3.29. The van der Waals surface area contributed by atoms with Crippen LogP contribution in [0.4, 0.5) is 5.82 Å². The SMILES string of the molecule is CNc1ncnc2c1c(-c1cccc(O)c1)cn2CCC(=O)O. The maximum Gasteiger partial charge on any atom is 0.305 e. The van der Waals surface area contributed by atoms with Gasteiger partial charge in [-0.15, -0.1) is 0 Å². The Balaban J connectivity index is 2.22. The molecule has 0 fully saturated rings. The zero-order valence-electron chi connectivity index (χ0n) is 12.5. The van der Waals surface area contributed by atoms with Crippen molar-refractivity contribution >= 4 is 22.8 Å². The molecule has 0 bridgehead atoms. The number of aryl methyl sites for hydroxylation is 1. The lowest BCUT2D eigenvalue weighted by Gasteiger charge is -2.05. The summed E-state index contributed by atoms with van der Waals surface area (Å²) >= 11 is 0. The van der Waals surface area contributed by atoms with E-state index in [0.717, 1.165) is 16.5 Å². The monoisotopic (exact) mass is 312 g/mol. The number of hydrogen-bond donors (Lipinski definition) is 3. The second-order valence-corrected chi connectivity index (χ2v) is 5.10. The Morgan fingerprint density at radius 3 is 2.87 bits per heavy atom. The largest absolute Gasteiger partial charge is 0.508 e. The van der Waals surface area contributed by atoms with Gasteiger partial charge in [0, 0.05) is 25.4 Å². The van der Waals surface area contributed by atoms with E-state index in [4.69, 9.17) is 5.11 Å². The molecule has 7 heteroatoms. The highest BCUT2D eigenvalue weighted by molar-refractivity contribution is 6.01. The summed E-state index contributed by atoms with van der Waals surface area (Å²) in [5.41, 5.74) is 2.31. The van der Waals surface area contributed by atoms with E-state index in [0.29, 0.717) is 18.0 Å². The minimum absolute atomic E-state index is 0.00213. The molecule has 1 aromatic carbocycles. The van der Waals surface area contributed by atoms with Gasteiger partial charge < -0.3 is 20.1 Å². The number of rotatable bonds is 5. The van der Waals surface area contributed by atoms with Gasteiger partial charge in [0.15, 0.2) is 0 Å². The number of carbonyl (C=O) groups is 1. The van der Waals surface area contributed by atoms with Crippen molar-refractivity contribution < 1.29 is 15.0 Å². The predicted molar refractivity (Wildman–Crippen MR) is 86.4 cm³/mol. The van der Waals surface area contributed by atoms with Gasteiger partial charge in [0.05, 0.1) is 11.8 Å². The van der Waals surface area contributed by atoms with Gasteiger partial charge in [-0.2, -0.15) is 0 Å². The third-order valence-corrected chi connectivity index (χ3v) is 3.61. The van der Waals surface area contributed by atoms with Crippen molar-refractivity contribution in [3.63, 3.8) is 0 Å². The minimum Gasteiger partial charge on any atom is -0.508 e. The van der Waals surface area contributed by atoms with E-state index in [2.05, 4.69) is 15.3 Å². The Bertz CT molecular complexity index is 873. The fourth-order valence-electron chi connectivity index (χ4n) is 2.59. The van der Waals surface area contributed by atoms with Crippen LogP contribution in [-0.2, 0) is 11.3 Å². The Hall–Kier alpha value is -3.09. The van der Waals surface area contributed by atoms with Crippen LogP contribution in [0, 0.1) is 0 Å². The summed E-state index contributed by atoms with van der Waals surface area (Å²) in [4.78, 5) is 19.4. The molecule has 0 saturated heterocycles. The molecule has 0 unspecified atom stereocenters. The lowest BCUT2D eigenvalue weighted by molar-refractivity contribution is -0.137. The van der Waals surface area contributed by atoms with Crippen LogP contribution in [0.25, 0.3) is 22.2 Å².